The van der Waals surface area contributed by atoms with Crippen molar-refractivity contribution in [3.8, 4) is 0 Å². The van der Waals surface area contributed by atoms with Gasteiger partial charge in [0.25, 0.3) is 0 Å². The van der Waals surface area contributed by atoms with E-state index in [-0.39, 0.29) is 6.10 Å². The zero-order valence-electron chi connectivity index (χ0n) is 8.04. The average Bonchev–Trinajstić information content (AvgIpc) is 2.12. The monoisotopic (exact) mass is 182 g/mol. The smallest absolute Gasteiger partial charge is 0.120 e. The Labute approximate surface area is 79.6 Å². The lowest BCUT2D eigenvalue weighted by molar-refractivity contribution is 0.0657. The van der Waals surface area contributed by atoms with E-state index in [0.717, 1.165) is 37.5 Å². The quantitative estimate of drug-likeness (QED) is 0.725. The van der Waals surface area contributed by atoms with Crippen molar-refractivity contribution in [2.24, 2.45) is 5.92 Å². The molecule has 1 unspecified atom stereocenters. The topological polar surface area (TPSA) is 29.5 Å². The molecule has 0 amide bonds. The van der Waals surface area contributed by atoms with E-state index in [0.29, 0.717) is 0 Å². The van der Waals surface area contributed by atoms with Gasteiger partial charge in [0.05, 0.1) is 6.61 Å². The lowest BCUT2D eigenvalue weighted by Crippen LogP contribution is -2.23. The molecule has 0 aromatic heterocycles. The average molecular weight is 182 g/mol. The van der Waals surface area contributed by atoms with Crippen molar-refractivity contribution in [3.05, 3.63) is 11.8 Å². The largest absolute Gasteiger partial charge is 0.496 e. The zero-order valence-corrected chi connectivity index (χ0v) is 8.04. The van der Waals surface area contributed by atoms with Gasteiger partial charge in [0, 0.05) is 0 Å². The highest BCUT2D eigenvalue weighted by Crippen LogP contribution is 2.32. The highest BCUT2D eigenvalue weighted by molar-refractivity contribution is 5.02. The van der Waals surface area contributed by atoms with E-state index in [1.165, 1.54) is 19.3 Å². The summed E-state index contributed by atoms with van der Waals surface area (Å²) in [4.78, 5) is 0. The van der Waals surface area contributed by atoms with Gasteiger partial charge < -0.3 is 9.84 Å². The summed E-state index contributed by atoms with van der Waals surface area (Å²) in [5, 5.41) is 9.82. The summed E-state index contributed by atoms with van der Waals surface area (Å²) in [6, 6.07) is 0. The number of hydrogen-bond donors (Lipinski definition) is 1. The molecule has 1 aliphatic heterocycles. The number of allylic oxidation sites excluding steroid dienone is 1. The lowest BCUT2D eigenvalue weighted by atomic mass is 9.81. The van der Waals surface area contributed by atoms with Gasteiger partial charge in [-0.25, -0.2) is 0 Å². The highest BCUT2D eigenvalue weighted by Gasteiger charge is 2.24. The van der Waals surface area contributed by atoms with Crippen LogP contribution in [0.1, 0.15) is 38.5 Å². The summed E-state index contributed by atoms with van der Waals surface area (Å²) in [7, 11) is 0. The predicted octanol–water partition coefficient (Wildman–Crippen LogP) is 2.23. The van der Waals surface area contributed by atoms with Crippen LogP contribution in [0.5, 0.6) is 0 Å². The van der Waals surface area contributed by atoms with Gasteiger partial charge in [-0.3, -0.25) is 0 Å². The third kappa shape index (κ3) is 2.25. The minimum Gasteiger partial charge on any atom is -0.496 e. The van der Waals surface area contributed by atoms with E-state index in [1.807, 2.05) is 6.08 Å². The molecule has 0 spiro atoms. The van der Waals surface area contributed by atoms with Crippen LogP contribution in [0.15, 0.2) is 11.8 Å². The molecule has 1 atom stereocenters. The van der Waals surface area contributed by atoms with Crippen molar-refractivity contribution in [1.82, 2.24) is 0 Å². The SMILES string of the molecule is OC(CC1CCC1)C1=CCCCO1. The minimum atomic E-state index is -0.328. The van der Waals surface area contributed by atoms with Crippen LogP contribution in [0.2, 0.25) is 0 Å². The molecule has 2 heteroatoms. The zero-order chi connectivity index (χ0) is 9.10. The molecular formula is C11H18O2. The van der Waals surface area contributed by atoms with Crippen molar-refractivity contribution in [3.63, 3.8) is 0 Å². The van der Waals surface area contributed by atoms with Crippen LogP contribution in [-0.2, 0) is 4.74 Å². The first-order chi connectivity index (χ1) is 6.36. The molecule has 1 N–H and O–H groups in total. The van der Waals surface area contributed by atoms with Gasteiger partial charge >= 0.3 is 0 Å². The van der Waals surface area contributed by atoms with Gasteiger partial charge in [0.1, 0.15) is 11.9 Å². The summed E-state index contributed by atoms with van der Waals surface area (Å²) >= 11 is 0. The van der Waals surface area contributed by atoms with E-state index in [4.69, 9.17) is 4.74 Å². The summed E-state index contributed by atoms with van der Waals surface area (Å²) in [5.74, 6) is 1.58. The molecule has 2 rings (SSSR count). The number of aliphatic hydroxyl groups is 1. The Balaban J connectivity index is 1.80. The Hall–Kier alpha value is -0.500. The summed E-state index contributed by atoms with van der Waals surface area (Å²) in [6.45, 7) is 0.785. The Morgan fingerprint density at radius 2 is 2.31 bits per heavy atom. The Bertz CT molecular complexity index is 194. The van der Waals surface area contributed by atoms with Gasteiger partial charge in [0.2, 0.25) is 0 Å². The highest BCUT2D eigenvalue weighted by atomic mass is 16.5. The summed E-state index contributed by atoms with van der Waals surface area (Å²) in [6.07, 6.45) is 8.73. The molecule has 1 fully saturated rings. The van der Waals surface area contributed by atoms with Gasteiger partial charge in [-0.2, -0.15) is 0 Å². The maximum Gasteiger partial charge on any atom is 0.120 e. The van der Waals surface area contributed by atoms with Gasteiger partial charge in [-0.15, -0.1) is 0 Å². The molecule has 0 saturated heterocycles. The summed E-state index contributed by atoms with van der Waals surface area (Å²) in [5.41, 5.74) is 0. The lowest BCUT2D eigenvalue weighted by Gasteiger charge is -2.29. The third-order valence-corrected chi connectivity index (χ3v) is 3.07. The maximum absolute atomic E-state index is 9.82. The number of hydrogen-bond acceptors (Lipinski definition) is 2. The minimum absolute atomic E-state index is 0.328. The molecule has 2 nitrogen and oxygen atoms in total. The van der Waals surface area contributed by atoms with E-state index in [9.17, 15) is 5.11 Å². The van der Waals surface area contributed by atoms with Crippen LogP contribution in [0.4, 0.5) is 0 Å². The van der Waals surface area contributed by atoms with Crippen molar-refractivity contribution < 1.29 is 9.84 Å². The molecular weight excluding hydrogens is 164 g/mol. The summed E-state index contributed by atoms with van der Waals surface area (Å²) < 4.78 is 5.42. The van der Waals surface area contributed by atoms with Crippen molar-refractivity contribution >= 4 is 0 Å². The normalized spacial score (nSPS) is 25.8. The standard InChI is InChI=1S/C11H18O2/c12-10(8-9-4-3-5-9)11-6-1-2-7-13-11/h6,9-10,12H,1-5,7-8H2. The van der Waals surface area contributed by atoms with Crippen LogP contribution in [0.25, 0.3) is 0 Å². The first kappa shape index (κ1) is 9.07. The molecule has 0 bridgehead atoms. The molecule has 0 aromatic carbocycles. The molecule has 13 heavy (non-hydrogen) atoms. The fourth-order valence-electron chi connectivity index (χ4n) is 1.97. The molecule has 1 aliphatic carbocycles. The third-order valence-electron chi connectivity index (χ3n) is 3.07. The van der Waals surface area contributed by atoms with Gasteiger partial charge in [0.15, 0.2) is 0 Å². The fraction of sp³-hybridized carbons (Fsp3) is 0.818. The molecule has 1 saturated carbocycles. The van der Waals surface area contributed by atoms with Crippen molar-refractivity contribution in [1.29, 1.82) is 0 Å². The molecule has 74 valence electrons. The van der Waals surface area contributed by atoms with E-state index < -0.39 is 0 Å². The maximum atomic E-state index is 9.82. The Morgan fingerprint density at radius 3 is 2.85 bits per heavy atom. The predicted molar refractivity (Wildman–Crippen MR) is 51.2 cm³/mol. The van der Waals surface area contributed by atoms with Crippen LogP contribution >= 0.6 is 0 Å². The number of rotatable bonds is 3. The second-order valence-electron chi connectivity index (χ2n) is 4.15. The molecule has 0 aromatic rings. The first-order valence-corrected chi connectivity index (χ1v) is 5.37. The van der Waals surface area contributed by atoms with Crippen LogP contribution in [0.3, 0.4) is 0 Å². The first-order valence-electron chi connectivity index (χ1n) is 5.37. The van der Waals surface area contributed by atoms with Gasteiger partial charge in [-0.1, -0.05) is 19.3 Å². The Morgan fingerprint density at radius 1 is 1.46 bits per heavy atom. The van der Waals surface area contributed by atoms with E-state index in [1.54, 1.807) is 0 Å². The number of ether oxygens (including phenoxy) is 1. The van der Waals surface area contributed by atoms with Crippen LogP contribution in [-0.4, -0.2) is 17.8 Å². The molecule has 1 heterocycles. The van der Waals surface area contributed by atoms with Gasteiger partial charge in [-0.05, 0) is 31.3 Å². The Kier molecular flexibility index (Phi) is 2.89. The number of aliphatic hydroxyl groups excluding tert-OH is 1. The fourth-order valence-corrected chi connectivity index (χ4v) is 1.97. The second kappa shape index (κ2) is 4.14. The molecule has 2 aliphatic rings. The van der Waals surface area contributed by atoms with E-state index >= 15 is 0 Å². The van der Waals surface area contributed by atoms with Crippen molar-refractivity contribution in [2.75, 3.05) is 6.61 Å². The van der Waals surface area contributed by atoms with Crippen molar-refractivity contribution in [2.45, 2.75) is 44.6 Å². The van der Waals surface area contributed by atoms with E-state index in [2.05, 4.69) is 0 Å². The molecule has 0 radical (unpaired) electrons. The van der Waals surface area contributed by atoms with Crippen LogP contribution in [0, 0.1) is 5.92 Å². The van der Waals surface area contributed by atoms with Crippen LogP contribution < -0.4 is 0 Å². The second-order valence-corrected chi connectivity index (χ2v) is 4.15.